The van der Waals surface area contributed by atoms with Gasteiger partial charge in [0.05, 0.1) is 20.3 Å². The zero-order valence-corrected chi connectivity index (χ0v) is 19.7. The van der Waals surface area contributed by atoms with Crippen LogP contribution in [0.1, 0.15) is 25.3 Å². The summed E-state index contributed by atoms with van der Waals surface area (Å²) >= 11 is 0. The van der Waals surface area contributed by atoms with Crippen LogP contribution in [0.15, 0.2) is 34.5 Å². The molecule has 4 aliphatic heterocycles. The highest BCUT2D eigenvalue weighted by Gasteiger charge is 2.62. The van der Waals surface area contributed by atoms with Crippen molar-refractivity contribution in [3.8, 4) is 11.5 Å². The van der Waals surface area contributed by atoms with Crippen molar-refractivity contribution in [2.75, 3.05) is 27.1 Å². The van der Waals surface area contributed by atoms with Gasteiger partial charge in [-0.15, -0.1) is 10.1 Å². The second-order valence-corrected chi connectivity index (χ2v) is 8.99. The first-order valence-electron chi connectivity index (χ1n) is 11.2. The Balaban J connectivity index is 1.57. The van der Waals surface area contributed by atoms with E-state index in [0.29, 0.717) is 28.5 Å². The van der Waals surface area contributed by atoms with Crippen LogP contribution in [0.4, 0.5) is 0 Å². The van der Waals surface area contributed by atoms with Gasteiger partial charge >= 0.3 is 5.97 Å². The highest BCUT2D eigenvalue weighted by molar-refractivity contribution is 6.11. The van der Waals surface area contributed by atoms with Crippen LogP contribution < -0.4 is 9.47 Å². The molecule has 2 unspecified atom stereocenters. The van der Waals surface area contributed by atoms with Crippen molar-refractivity contribution in [3.63, 3.8) is 0 Å². The van der Waals surface area contributed by atoms with Crippen LogP contribution in [0.3, 0.4) is 0 Å². The van der Waals surface area contributed by atoms with E-state index in [1.165, 1.54) is 7.11 Å². The molecule has 1 N–H and O–H groups in total. The van der Waals surface area contributed by atoms with Crippen LogP contribution in [0.5, 0.6) is 11.5 Å². The van der Waals surface area contributed by atoms with E-state index in [0.717, 1.165) is 0 Å². The Bertz CT molecular complexity index is 1190. The molecule has 4 aliphatic rings. The van der Waals surface area contributed by atoms with E-state index in [2.05, 4.69) is 9.83 Å². The zero-order valence-electron chi connectivity index (χ0n) is 19.7. The maximum Gasteiger partial charge on any atom is 0.315 e. The zero-order chi connectivity index (χ0) is 25.8. The summed E-state index contributed by atoms with van der Waals surface area (Å²) in [5, 5.41) is 21.4. The summed E-state index contributed by atoms with van der Waals surface area (Å²) in [6, 6.07) is 5.05. The summed E-state index contributed by atoms with van der Waals surface area (Å²) in [5.74, 6) is -2.25. The number of aliphatic imine (C=N–C) groups is 1. The van der Waals surface area contributed by atoms with Crippen molar-refractivity contribution in [1.29, 1.82) is 0 Å². The third-order valence-corrected chi connectivity index (χ3v) is 6.97. The van der Waals surface area contributed by atoms with Gasteiger partial charge in [0.2, 0.25) is 6.79 Å². The molecule has 2 fully saturated rings. The summed E-state index contributed by atoms with van der Waals surface area (Å²) in [4.78, 5) is 46.8. The van der Waals surface area contributed by atoms with Crippen LogP contribution in [0.25, 0.3) is 0 Å². The predicted molar refractivity (Wildman–Crippen MR) is 118 cm³/mol. The number of nitrogens with zero attached hydrogens (tertiary/aromatic N) is 2. The first-order chi connectivity index (χ1) is 17.2. The molecule has 0 amide bonds. The molecule has 13 nitrogen and oxygen atoms in total. The second kappa shape index (κ2) is 8.84. The quantitative estimate of drug-likeness (QED) is 0.329. The van der Waals surface area contributed by atoms with Gasteiger partial charge in [-0.3, -0.25) is 14.6 Å². The number of methoxy groups -OCH3 is 1. The standard InChI is InChI=1S/C23H24N2O11/c1-10-16(20(26)23(28)8-33-19-15(36-25(29)30)7-32-21(19)23)18(17(11(2)24-10)22(27)31-3)12-4-5-13-14(6-12)35-9-34-13/h4-6,15,17-19,21,28H,7-9H2,1-3H3/t15-,17?,18?,19-,21+,23-/m1/s1. The van der Waals surface area contributed by atoms with Gasteiger partial charge in [0, 0.05) is 22.9 Å². The number of hydrogen-bond donors (Lipinski definition) is 1. The number of carbonyl (C=O) groups excluding carboxylic acids is 2. The Morgan fingerprint density at radius 1 is 1.22 bits per heavy atom. The molecule has 2 saturated heterocycles. The molecule has 1 aromatic rings. The Morgan fingerprint density at radius 2 is 1.97 bits per heavy atom. The van der Waals surface area contributed by atoms with E-state index >= 15 is 0 Å². The molecular formula is C23H24N2O11. The lowest BCUT2D eigenvalue weighted by atomic mass is 9.71. The lowest BCUT2D eigenvalue weighted by Crippen LogP contribution is -2.53. The van der Waals surface area contributed by atoms with Gasteiger partial charge in [0.15, 0.2) is 29.0 Å². The first kappa shape index (κ1) is 24.2. The summed E-state index contributed by atoms with van der Waals surface area (Å²) in [6.45, 7) is 2.59. The van der Waals surface area contributed by atoms with Crippen molar-refractivity contribution < 1.29 is 48.3 Å². The number of hydrogen-bond acceptors (Lipinski definition) is 12. The van der Waals surface area contributed by atoms with Gasteiger partial charge in [-0.25, -0.2) is 0 Å². The Hall–Kier alpha value is -3.55. The molecule has 6 atom stereocenters. The average molecular weight is 504 g/mol. The second-order valence-electron chi connectivity index (χ2n) is 8.99. The summed E-state index contributed by atoms with van der Waals surface area (Å²) < 4.78 is 27.0. The number of aliphatic hydroxyl groups is 1. The molecule has 0 saturated carbocycles. The third-order valence-electron chi connectivity index (χ3n) is 6.97. The number of ether oxygens (including phenoxy) is 5. The molecule has 0 radical (unpaired) electrons. The highest BCUT2D eigenvalue weighted by Crippen LogP contribution is 2.46. The SMILES string of the molecule is COC(=O)C1C(C)=NC(C)=C(C(=O)[C@]2(O)CO[C@@H]3[C@H](O[N+](=O)[O-])CO[C@@H]32)C1c1ccc2c(c1)OCO2. The number of carbonyl (C=O) groups is 2. The molecule has 13 heteroatoms. The molecule has 0 bridgehead atoms. The molecule has 0 aromatic heterocycles. The molecular weight excluding hydrogens is 480 g/mol. The minimum atomic E-state index is -2.19. The van der Waals surface area contributed by atoms with E-state index < -0.39 is 59.2 Å². The summed E-state index contributed by atoms with van der Waals surface area (Å²) in [6.07, 6.45) is -3.34. The number of allylic oxidation sites excluding steroid dienone is 1. The van der Waals surface area contributed by atoms with Crippen molar-refractivity contribution in [2.45, 2.75) is 43.7 Å². The van der Waals surface area contributed by atoms with Crippen LogP contribution in [-0.4, -0.2) is 78.7 Å². The fourth-order valence-electron chi connectivity index (χ4n) is 5.35. The summed E-state index contributed by atoms with van der Waals surface area (Å²) in [7, 11) is 1.24. The largest absolute Gasteiger partial charge is 0.468 e. The topological polar surface area (TPSA) is 165 Å². The number of ketones is 1. The smallest absolute Gasteiger partial charge is 0.315 e. The number of benzene rings is 1. The van der Waals surface area contributed by atoms with Gasteiger partial charge in [0.25, 0.3) is 5.09 Å². The molecule has 4 heterocycles. The third kappa shape index (κ3) is 3.70. The van der Waals surface area contributed by atoms with Crippen molar-refractivity contribution in [3.05, 3.63) is 45.1 Å². The minimum Gasteiger partial charge on any atom is -0.468 e. The number of rotatable bonds is 6. The first-order valence-corrected chi connectivity index (χ1v) is 11.2. The lowest BCUT2D eigenvalue weighted by Gasteiger charge is -2.35. The van der Waals surface area contributed by atoms with Gasteiger partial charge in [-0.1, -0.05) is 6.07 Å². The lowest BCUT2D eigenvalue weighted by molar-refractivity contribution is -0.769. The normalized spacial score (nSPS) is 32.7. The maximum absolute atomic E-state index is 14.1. The monoisotopic (exact) mass is 504 g/mol. The van der Waals surface area contributed by atoms with Crippen molar-refractivity contribution >= 4 is 17.5 Å². The van der Waals surface area contributed by atoms with E-state index in [-0.39, 0.29) is 19.0 Å². The van der Waals surface area contributed by atoms with Crippen LogP contribution in [0, 0.1) is 16.0 Å². The number of Topliss-reactive ketones (excluding diaryl/α,β-unsaturated/α-hetero) is 1. The molecule has 1 aromatic carbocycles. The fraction of sp³-hybridized carbons (Fsp3) is 0.522. The van der Waals surface area contributed by atoms with Gasteiger partial charge in [0.1, 0.15) is 18.1 Å². The van der Waals surface area contributed by atoms with Crippen LogP contribution in [-0.2, 0) is 28.6 Å². The molecule has 0 aliphatic carbocycles. The number of fused-ring (bicyclic) bond motifs is 2. The predicted octanol–water partition coefficient (Wildman–Crippen LogP) is 0.711. The van der Waals surface area contributed by atoms with Gasteiger partial charge in [-0.2, -0.15) is 0 Å². The van der Waals surface area contributed by atoms with E-state index in [9.17, 15) is 24.8 Å². The molecule has 0 spiro atoms. The van der Waals surface area contributed by atoms with Gasteiger partial charge < -0.3 is 33.6 Å². The molecule has 36 heavy (non-hydrogen) atoms. The minimum absolute atomic E-state index is 0.0376. The average Bonchev–Trinajstić information content (AvgIpc) is 3.55. The van der Waals surface area contributed by atoms with E-state index in [1.54, 1.807) is 32.0 Å². The number of esters is 1. The molecule has 5 rings (SSSR count). The Kier molecular flexibility index (Phi) is 5.93. The molecule has 192 valence electrons. The van der Waals surface area contributed by atoms with E-state index in [1.807, 2.05) is 0 Å². The van der Waals surface area contributed by atoms with Gasteiger partial charge in [-0.05, 0) is 31.5 Å². The van der Waals surface area contributed by atoms with Crippen molar-refractivity contribution in [2.24, 2.45) is 10.9 Å². The summed E-state index contributed by atoms with van der Waals surface area (Å²) in [5.41, 5.74) is -0.834. The Morgan fingerprint density at radius 3 is 2.69 bits per heavy atom. The highest BCUT2D eigenvalue weighted by atomic mass is 17.0. The van der Waals surface area contributed by atoms with Crippen LogP contribution >= 0.6 is 0 Å². The van der Waals surface area contributed by atoms with E-state index in [4.69, 9.17) is 23.7 Å². The van der Waals surface area contributed by atoms with Crippen LogP contribution in [0.2, 0.25) is 0 Å². The van der Waals surface area contributed by atoms with Crippen molar-refractivity contribution in [1.82, 2.24) is 0 Å². The maximum atomic E-state index is 14.1. The fourth-order valence-corrected chi connectivity index (χ4v) is 5.35. The Labute approximate surface area is 204 Å².